The van der Waals surface area contributed by atoms with Crippen LogP contribution in [0.5, 0.6) is 0 Å². The van der Waals surface area contributed by atoms with E-state index in [4.69, 9.17) is 0 Å². The van der Waals surface area contributed by atoms with Gasteiger partial charge >= 0.3 is 5.97 Å². The molecular formula is C18H25NO2. The predicted molar refractivity (Wildman–Crippen MR) is 83.4 cm³/mol. The Balaban J connectivity index is 1.76. The SMILES string of the molecule is O=C(O)C1CCCN(C2CCCCC2c2ccccc2)C1. The van der Waals surface area contributed by atoms with Gasteiger partial charge in [-0.25, -0.2) is 0 Å². The first-order valence-corrected chi connectivity index (χ1v) is 8.27. The molecule has 21 heavy (non-hydrogen) atoms. The number of aliphatic carboxylic acids is 1. The van der Waals surface area contributed by atoms with Gasteiger partial charge < -0.3 is 5.11 Å². The van der Waals surface area contributed by atoms with E-state index in [2.05, 4.69) is 35.2 Å². The molecular weight excluding hydrogens is 262 g/mol. The van der Waals surface area contributed by atoms with E-state index in [9.17, 15) is 9.90 Å². The van der Waals surface area contributed by atoms with Crippen molar-refractivity contribution in [2.75, 3.05) is 13.1 Å². The highest BCUT2D eigenvalue weighted by molar-refractivity contribution is 5.70. The average molecular weight is 287 g/mol. The van der Waals surface area contributed by atoms with Crippen molar-refractivity contribution in [3.63, 3.8) is 0 Å². The highest BCUT2D eigenvalue weighted by Crippen LogP contribution is 2.37. The van der Waals surface area contributed by atoms with E-state index < -0.39 is 5.97 Å². The van der Waals surface area contributed by atoms with Crippen LogP contribution in [0.1, 0.15) is 50.0 Å². The molecule has 1 aromatic rings. The summed E-state index contributed by atoms with van der Waals surface area (Å²) in [6.07, 6.45) is 6.90. The molecule has 2 fully saturated rings. The van der Waals surface area contributed by atoms with Gasteiger partial charge in [0, 0.05) is 12.6 Å². The van der Waals surface area contributed by atoms with Crippen LogP contribution in [0.4, 0.5) is 0 Å². The van der Waals surface area contributed by atoms with Crippen molar-refractivity contribution in [1.82, 2.24) is 4.90 Å². The summed E-state index contributed by atoms with van der Waals surface area (Å²) in [4.78, 5) is 13.8. The second-order valence-electron chi connectivity index (χ2n) is 6.54. The minimum Gasteiger partial charge on any atom is -0.481 e. The number of carboxylic acid groups (broad SMARTS) is 1. The Bertz CT molecular complexity index is 473. The molecule has 1 heterocycles. The molecule has 1 aliphatic carbocycles. The number of piperidine rings is 1. The number of hydrogen-bond acceptors (Lipinski definition) is 2. The molecule has 0 spiro atoms. The van der Waals surface area contributed by atoms with Crippen LogP contribution in [0, 0.1) is 5.92 Å². The summed E-state index contributed by atoms with van der Waals surface area (Å²) in [5.74, 6) is -0.212. The summed E-state index contributed by atoms with van der Waals surface area (Å²) >= 11 is 0. The molecule has 0 amide bonds. The molecule has 1 saturated carbocycles. The molecule has 1 saturated heterocycles. The summed E-state index contributed by atoms with van der Waals surface area (Å²) in [7, 11) is 0. The van der Waals surface area contributed by atoms with E-state index in [1.165, 1.54) is 31.2 Å². The highest BCUT2D eigenvalue weighted by Gasteiger charge is 2.35. The van der Waals surface area contributed by atoms with Gasteiger partial charge in [0.2, 0.25) is 0 Å². The normalized spacial score (nSPS) is 31.0. The Morgan fingerprint density at radius 1 is 1.05 bits per heavy atom. The lowest BCUT2D eigenvalue weighted by Gasteiger charge is -2.43. The molecule has 2 aliphatic rings. The fraction of sp³-hybridized carbons (Fsp3) is 0.611. The lowest BCUT2D eigenvalue weighted by molar-refractivity contribution is -0.144. The molecule has 0 aromatic heterocycles. The molecule has 3 rings (SSSR count). The first kappa shape index (κ1) is 14.6. The lowest BCUT2D eigenvalue weighted by Crippen LogP contribution is -2.48. The van der Waals surface area contributed by atoms with E-state index in [0.717, 1.165) is 25.9 Å². The fourth-order valence-corrected chi connectivity index (χ4v) is 4.15. The zero-order valence-electron chi connectivity index (χ0n) is 12.6. The van der Waals surface area contributed by atoms with E-state index in [1.807, 2.05) is 0 Å². The van der Waals surface area contributed by atoms with Gasteiger partial charge in [-0.3, -0.25) is 9.69 Å². The maximum Gasteiger partial charge on any atom is 0.307 e. The third-order valence-electron chi connectivity index (χ3n) is 5.23. The highest BCUT2D eigenvalue weighted by atomic mass is 16.4. The Kier molecular flexibility index (Phi) is 4.59. The minimum absolute atomic E-state index is 0.169. The molecule has 1 N–H and O–H groups in total. The molecule has 0 bridgehead atoms. The largest absolute Gasteiger partial charge is 0.481 e. The smallest absolute Gasteiger partial charge is 0.307 e. The molecule has 3 atom stereocenters. The minimum atomic E-state index is -0.619. The average Bonchev–Trinajstić information content (AvgIpc) is 2.56. The third-order valence-corrected chi connectivity index (χ3v) is 5.23. The van der Waals surface area contributed by atoms with Gasteiger partial charge in [0.1, 0.15) is 0 Å². The Morgan fingerprint density at radius 2 is 1.81 bits per heavy atom. The number of benzene rings is 1. The monoisotopic (exact) mass is 287 g/mol. The topological polar surface area (TPSA) is 40.5 Å². The standard InChI is InChI=1S/C18H25NO2/c20-18(21)15-9-6-12-19(13-15)17-11-5-4-10-16(17)14-7-2-1-3-8-14/h1-3,7-8,15-17H,4-6,9-13H2,(H,20,21). The van der Waals surface area contributed by atoms with Gasteiger partial charge in [0.25, 0.3) is 0 Å². The van der Waals surface area contributed by atoms with E-state index in [-0.39, 0.29) is 5.92 Å². The van der Waals surface area contributed by atoms with E-state index >= 15 is 0 Å². The van der Waals surface area contributed by atoms with Crippen LogP contribution in [0.25, 0.3) is 0 Å². The number of carboxylic acids is 1. The van der Waals surface area contributed by atoms with Gasteiger partial charge in [0.15, 0.2) is 0 Å². The van der Waals surface area contributed by atoms with Gasteiger partial charge in [0.05, 0.1) is 5.92 Å². The predicted octanol–water partition coefficient (Wildman–Crippen LogP) is 3.51. The summed E-state index contributed by atoms with van der Waals surface area (Å²) in [5, 5.41) is 9.31. The quantitative estimate of drug-likeness (QED) is 0.925. The van der Waals surface area contributed by atoms with Crippen molar-refractivity contribution in [2.24, 2.45) is 5.92 Å². The third kappa shape index (κ3) is 3.29. The number of nitrogens with zero attached hydrogens (tertiary/aromatic N) is 1. The van der Waals surface area contributed by atoms with Crippen molar-refractivity contribution in [3.8, 4) is 0 Å². The fourth-order valence-electron chi connectivity index (χ4n) is 4.15. The summed E-state index contributed by atoms with van der Waals surface area (Å²) in [6, 6.07) is 11.3. The second-order valence-corrected chi connectivity index (χ2v) is 6.54. The van der Waals surface area contributed by atoms with Crippen molar-refractivity contribution >= 4 is 5.97 Å². The van der Waals surface area contributed by atoms with Crippen LogP contribution >= 0.6 is 0 Å². The van der Waals surface area contributed by atoms with Crippen LogP contribution in [0.2, 0.25) is 0 Å². The number of rotatable bonds is 3. The van der Waals surface area contributed by atoms with Crippen LogP contribution in [-0.4, -0.2) is 35.1 Å². The van der Waals surface area contributed by atoms with Crippen molar-refractivity contribution < 1.29 is 9.90 Å². The van der Waals surface area contributed by atoms with Gasteiger partial charge in [-0.15, -0.1) is 0 Å². The Labute approximate surface area is 127 Å². The molecule has 3 nitrogen and oxygen atoms in total. The first-order valence-electron chi connectivity index (χ1n) is 8.27. The van der Waals surface area contributed by atoms with Crippen LogP contribution in [-0.2, 0) is 4.79 Å². The van der Waals surface area contributed by atoms with Crippen LogP contribution in [0.3, 0.4) is 0 Å². The summed E-state index contributed by atoms with van der Waals surface area (Å²) in [6.45, 7) is 1.81. The van der Waals surface area contributed by atoms with Gasteiger partial charge in [-0.2, -0.15) is 0 Å². The molecule has 1 aromatic carbocycles. The molecule has 1 aliphatic heterocycles. The van der Waals surface area contributed by atoms with Crippen molar-refractivity contribution in [1.29, 1.82) is 0 Å². The Hall–Kier alpha value is -1.35. The van der Waals surface area contributed by atoms with Gasteiger partial charge in [-0.05, 0) is 43.7 Å². The zero-order chi connectivity index (χ0) is 14.7. The Morgan fingerprint density at radius 3 is 2.57 bits per heavy atom. The molecule has 3 unspecified atom stereocenters. The summed E-state index contributed by atoms with van der Waals surface area (Å²) in [5.41, 5.74) is 1.43. The maximum atomic E-state index is 11.3. The van der Waals surface area contributed by atoms with Crippen molar-refractivity contribution in [2.45, 2.75) is 50.5 Å². The molecule has 3 heteroatoms. The van der Waals surface area contributed by atoms with E-state index in [1.54, 1.807) is 0 Å². The van der Waals surface area contributed by atoms with Crippen molar-refractivity contribution in [3.05, 3.63) is 35.9 Å². The lowest BCUT2D eigenvalue weighted by atomic mass is 9.78. The van der Waals surface area contributed by atoms with E-state index in [0.29, 0.717) is 12.0 Å². The molecule has 0 radical (unpaired) electrons. The molecule has 114 valence electrons. The second kappa shape index (κ2) is 6.61. The first-order chi connectivity index (χ1) is 10.3. The van der Waals surface area contributed by atoms with Gasteiger partial charge in [-0.1, -0.05) is 43.2 Å². The number of carbonyl (C=O) groups is 1. The summed E-state index contributed by atoms with van der Waals surface area (Å²) < 4.78 is 0. The maximum absolute atomic E-state index is 11.3. The number of hydrogen-bond donors (Lipinski definition) is 1. The van der Waals surface area contributed by atoms with Crippen LogP contribution < -0.4 is 0 Å². The zero-order valence-corrected chi connectivity index (χ0v) is 12.6. The van der Waals surface area contributed by atoms with Crippen LogP contribution in [0.15, 0.2) is 30.3 Å². The number of likely N-dealkylation sites (tertiary alicyclic amines) is 1.